The van der Waals surface area contributed by atoms with Crippen LogP contribution in [0.2, 0.25) is 0 Å². The number of nitrogens with one attached hydrogen (secondary N) is 1. The molecule has 4 aromatic rings. The van der Waals surface area contributed by atoms with Gasteiger partial charge in [-0.15, -0.1) is 0 Å². The number of benzene rings is 4. The van der Waals surface area contributed by atoms with Crippen molar-refractivity contribution >= 4 is 27.5 Å². The second kappa shape index (κ2) is 15.8. The first kappa shape index (κ1) is 33.7. The summed E-state index contributed by atoms with van der Waals surface area (Å²) in [4.78, 5) is 29.6. The molecule has 2 amide bonds. The SMILES string of the molecule is CC[C@H](C(=O)NC1CCCC1)N(CCc1ccccc1)C(=O)CN(c1ccc(Oc2ccccc2)cc1)S(=O)(=O)c1ccc(C)cc1. The number of sulfonamides is 1. The Morgan fingerprint density at radius 2 is 1.43 bits per heavy atom. The van der Waals surface area contributed by atoms with Gasteiger partial charge in [-0.05, 0) is 86.7 Å². The maximum Gasteiger partial charge on any atom is 0.264 e. The lowest BCUT2D eigenvalue weighted by atomic mass is 10.1. The van der Waals surface area contributed by atoms with Crippen molar-refractivity contribution in [2.45, 2.75) is 69.4 Å². The molecule has 0 bridgehead atoms. The van der Waals surface area contributed by atoms with Gasteiger partial charge in [0.25, 0.3) is 10.0 Å². The first-order valence-electron chi connectivity index (χ1n) is 16.3. The Morgan fingerprint density at radius 1 is 0.830 bits per heavy atom. The van der Waals surface area contributed by atoms with Crippen LogP contribution in [0.15, 0.2) is 114 Å². The molecule has 1 saturated carbocycles. The monoisotopic (exact) mass is 653 g/mol. The fourth-order valence-corrected chi connectivity index (χ4v) is 7.35. The van der Waals surface area contributed by atoms with Crippen molar-refractivity contribution in [3.05, 3.63) is 120 Å². The quantitative estimate of drug-likeness (QED) is 0.160. The number of aryl methyl sites for hydroxylation is 1. The van der Waals surface area contributed by atoms with Crippen LogP contribution >= 0.6 is 0 Å². The summed E-state index contributed by atoms with van der Waals surface area (Å²) in [6, 6.07) is 31.6. The summed E-state index contributed by atoms with van der Waals surface area (Å²) >= 11 is 0. The minimum Gasteiger partial charge on any atom is -0.457 e. The van der Waals surface area contributed by atoms with Crippen LogP contribution in [0.4, 0.5) is 5.69 Å². The van der Waals surface area contributed by atoms with Crippen LogP contribution in [0.3, 0.4) is 0 Å². The lowest BCUT2D eigenvalue weighted by Crippen LogP contribution is -2.54. The van der Waals surface area contributed by atoms with Gasteiger partial charge >= 0.3 is 0 Å². The molecule has 1 aliphatic rings. The molecule has 5 rings (SSSR count). The average molecular weight is 654 g/mol. The van der Waals surface area contributed by atoms with Gasteiger partial charge in [0.1, 0.15) is 24.1 Å². The predicted molar refractivity (Wildman–Crippen MR) is 185 cm³/mol. The van der Waals surface area contributed by atoms with E-state index >= 15 is 0 Å². The van der Waals surface area contributed by atoms with E-state index < -0.39 is 28.5 Å². The van der Waals surface area contributed by atoms with Gasteiger partial charge in [0.15, 0.2) is 0 Å². The fourth-order valence-electron chi connectivity index (χ4n) is 5.93. The molecule has 9 heteroatoms. The van der Waals surface area contributed by atoms with E-state index in [2.05, 4.69) is 5.32 Å². The number of carbonyl (C=O) groups excluding carboxylic acids is 2. The molecule has 246 valence electrons. The molecule has 1 aliphatic carbocycles. The zero-order chi connectivity index (χ0) is 33.2. The smallest absolute Gasteiger partial charge is 0.264 e. The fraction of sp³-hybridized carbons (Fsp3) is 0.316. The summed E-state index contributed by atoms with van der Waals surface area (Å²) in [6.45, 7) is 3.56. The molecule has 8 nitrogen and oxygen atoms in total. The van der Waals surface area contributed by atoms with E-state index in [1.807, 2.05) is 74.5 Å². The second-order valence-electron chi connectivity index (χ2n) is 12.0. The average Bonchev–Trinajstić information content (AvgIpc) is 3.60. The number of rotatable bonds is 14. The number of para-hydroxylation sites is 1. The first-order chi connectivity index (χ1) is 22.7. The Kier molecular flexibility index (Phi) is 11.3. The Balaban J connectivity index is 1.46. The van der Waals surface area contributed by atoms with Crippen LogP contribution in [0.5, 0.6) is 11.5 Å². The minimum absolute atomic E-state index is 0.0716. The lowest BCUT2D eigenvalue weighted by Gasteiger charge is -2.33. The number of hydrogen-bond donors (Lipinski definition) is 1. The summed E-state index contributed by atoms with van der Waals surface area (Å²) in [5.41, 5.74) is 2.25. The van der Waals surface area contributed by atoms with Crippen LogP contribution in [-0.2, 0) is 26.0 Å². The molecule has 0 aromatic heterocycles. The largest absolute Gasteiger partial charge is 0.457 e. The van der Waals surface area contributed by atoms with Crippen molar-refractivity contribution in [3.63, 3.8) is 0 Å². The van der Waals surface area contributed by atoms with Crippen molar-refractivity contribution in [2.75, 3.05) is 17.4 Å². The van der Waals surface area contributed by atoms with Gasteiger partial charge in [-0.1, -0.05) is 86.0 Å². The van der Waals surface area contributed by atoms with E-state index in [0.29, 0.717) is 30.0 Å². The Bertz CT molecular complexity index is 1710. The van der Waals surface area contributed by atoms with Gasteiger partial charge in [0.05, 0.1) is 10.6 Å². The van der Waals surface area contributed by atoms with Gasteiger partial charge in [-0.2, -0.15) is 0 Å². The molecule has 0 unspecified atom stereocenters. The summed E-state index contributed by atoms with van der Waals surface area (Å²) < 4.78 is 35.5. The molecule has 1 atom stereocenters. The van der Waals surface area contributed by atoms with E-state index in [0.717, 1.165) is 41.1 Å². The van der Waals surface area contributed by atoms with Gasteiger partial charge in [-0.3, -0.25) is 13.9 Å². The van der Waals surface area contributed by atoms with Crippen molar-refractivity contribution in [2.24, 2.45) is 0 Å². The first-order valence-corrected chi connectivity index (χ1v) is 17.7. The van der Waals surface area contributed by atoms with Gasteiger partial charge < -0.3 is 15.0 Å². The van der Waals surface area contributed by atoms with Crippen molar-refractivity contribution < 1.29 is 22.7 Å². The molecule has 4 aromatic carbocycles. The third-order valence-corrected chi connectivity index (χ3v) is 10.4. The molecule has 0 saturated heterocycles. The molecule has 0 heterocycles. The van der Waals surface area contributed by atoms with Crippen LogP contribution in [-0.4, -0.2) is 50.3 Å². The maximum absolute atomic E-state index is 14.3. The Labute approximate surface area is 278 Å². The summed E-state index contributed by atoms with van der Waals surface area (Å²) in [5, 5.41) is 3.16. The number of anilines is 1. The molecule has 0 aliphatic heterocycles. The topological polar surface area (TPSA) is 96.0 Å². The number of ether oxygens (including phenoxy) is 1. The summed E-state index contributed by atoms with van der Waals surface area (Å²) in [5.74, 6) is 0.527. The highest BCUT2D eigenvalue weighted by Gasteiger charge is 2.34. The molecular formula is C38H43N3O5S. The lowest BCUT2D eigenvalue weighted by molar-refractivity contribution is -0.139. The van der Waals surface area contributed by atoms with Crippen LogP contribution in [0.25, 0.3) is 0 Å². The zero-order valence-electron chi connectivity index (χ0n) is 27.0. The van der Waals surface area contributed by atoms with Crippen LogP contribution < -0.4 is 14.4 Å². The third-order valence-electron chi connectivity index (χ3n) is 8.56. The van der Waals surface area contributed by atoms with E-state index in [-0.39, 0.29) is 23.4 Å². The van der Waals surface area contributed by atoms with Gasteiger partial charge in [-0.25, -0.2) is 8.42 Å². The normalized spacial score (nSPS) is 13.9. The minimum atomic E-state index is -4.17. The Hall–Kier alpha value is -4.63. The van der Waals surface area contributed by atoms with Crippen molar-refractivity contribution in [3.8, 4) is 11.5 Å². The van der Waals surface area contributed by atoms with Crippen LogP contribution in [0, 0.1) is 6.92 Å². The van der Waals surface area contributed by atoms with Crippen molar-refractivity contribution in [1.29, 1.82) is 0 Å². The second-order valence-corrected chi connectivity index (χ2v) is 13.8. The highest BCUT2D eigenvalue weighted by molar-refractivity contribution is 7.92. The standard InChI is InChI=1S/C38H43N3O5S/c1-3-36(38(43)39-31-14-10-11-15-31)40(27-26-30-12-6-4-7-13-30)37(42)28-41(47(44,45)35-24-18-29(2)19-25-35)32-20-22-34(23-21-32)46-33-16-8-5-9-17-33/h4-9,12-13,16-25,31,36H,3,10-11,14-15,26-28H2,1-2H3,(H,39,43)/t36-/m1/s1. The highest BCUT2D eigenvalue weighted by Crippen LogP contribution is 2.29. The predicted octanol–water partition coefficient (Wildman–Crippen LogP) is 6.89. The van der Waals surface area contributed by atoms with Gasteiger partial charge in [0.2, 0.25) is 11.8 Å². The Morgan fingerprint density at radius 3 is 2.04 bits per heavy atom. The molecule has 1 fully saturated rings. The molecule has 47 heavy (non-hydrogen) atoms. The van der Waals surface area contributed by atoms with Crippen LogP contribution in [0.1, 0.15) is 50.2 Å². The van der Waals surface area contributed by atoms with E-state index in [1.165, 1.54) is 0 Å². The third kappa shape index (κ3) is 8.80. The van der Waals surface area contributed by atoms with Gasteiger partial charge in [0, 0.05) is 12.6 Å². The number of amides is 2. The summed E-state index contributed by atoms with van der Waals surface area (Å²) in [6.07, 6.45) is 4.91. The van der Waals surface area contributed by atoms with Crippen molar-refractivity contribution in [1.82, 2.24) is 10.2 Å². The number of nitrogens with zero attached hydrogens (tertiary/aromatic N) is 2. The molecule has 0 spiro atoms. The van der Waals surface area contributed by atoms with E-state index in [9.17, 15) is 18.0 Å². The molecule has 0 radical (unpaired) electrons. The number of carbonyl (C=O) groups is 2. The molecular weight excluding hydrogens is 611 g/mol. The van der Waals surface area contributed by atoms with E-state index in [1.54, 1.807) is 53.4 Å². The number of hydrogen-bond acceptors (Lipinski definition) is 5. The highest BCUT2D eigenvalue weighted by atomic mass is 32.2. The summed E-state index contributed by atoms with van der Waals surface area (Å²) in [7, 11) is -4.17. The zero-order valence-corrected chi connectivity index (χ0v) is 27.9. The molecule has 1 N–H and O–H groups in total. The maximum atomic E-state index is 14.3. The van der Waals surface area contributed by atoms with E-state index in [4.69, 9.17) is 4.74 Å².